The highest BCUT2D eigenvalue weighted by atomic mass is 16.5. The van der Waals surface area contributed by atoms with Crippen LogP contribution in [0.4, 0.5) is 0 Å². The minimum Gasteiger partial charge on any atom is -0.481 e. The average molecular weight is 147 g/mol. The molecule has 0 aromatic heterocycles. The first-order valence-corrected chi connectivity index (χ1v) is 3.19. The van der Waals surface area contributed by atoms with Gasteiger partial charge < -0.3 is 15.6 Å². The number of rotatable bonds is 0. The van der Waals surface area contributed by atoms with E-state index in [-0.39, 0.29) is 6.23 Å². The van der Waals surface area contributed by atoms with E-state index in [2.05, 4.69) is 0 Å². The van der Waals surface area contributed by atoms with Crippen LogP contribution in [0.15, 0.2) is 0 Å². The highest BCUT2D eigenvalue weighted by Gasteiger charge is 2.07. The Morgan fingerprint density at radius 3 is 2.40 bits per heavy atom. The van der Waals surface area contributed by atoms with Gasteiger partial charge in [0.2, 0.25) is 0 Å². The van der Waals surface area contributed by atoms with E-state index in [1.807, 2.05) is 0 Å². The van der Waals surface area contributed by atoms with Crippen LogP contribution in [0, 0.1) is 0 Å². The topological polar surface area (TPSA) is 72.5 Å². The van der Waals surface area contributed by atoms with E-state index in [0.717, 1.165) is 26.4 Å². The number of ether oxygens (including phenoxy) is 1. The Hall–Kier alpha value is -0.610. The smallest absolute Gasteiger partial charge is 0.300 e. The molecular weight excluding hydrogens is 134 g/mol. The van der Waals surface area contributed by atoms with Crippen molar-refractivity contribution < 1.29 is 14.6 Å². The number of aliphatic carboxylic acids is 1. The Balaban J connectivity index is 0.000000180. The number of nitrogens with two attached hydrogens (primary N) is 1. The maximum Gasteiger partial charge on any atom is 0.300 e. The number of hydrogen-bond donors (Lipinski definition) is 2. The van der Waals surface area contributed by atoms with Crippen molar-refractivity contribution in [1.82, 2.24) is 0 Å². The summed E-state index contributed by atoms with van der Waals surface area (Å²) in [5, 5.41) is 7.42. The first kappa shape index (κ1) is 9.39. The molecule has 1 unspecified atom stereocenters. The maximum atomic E-state index is 9.00. The molecule has 3 N–H and O–H groups in total. The lowest BCUT2D eigenvalue weighted by Gasteiger charge is -1.95. The predicted molar refractivity (Wildman–Crippen MR) is 36.5 cm³/mol. The zero-order valence-corrected chi connectivity index (χ0v) is 6.04. The van der Waals surface area contributed by atoms with Gasteiger partial charge in [0.25, 0.3) is 5.97 Å². The highest BCUT2D eigenvalue weighted by Crippen LogP contribution is 2.04. The average Bonchev–Trinajstić information content (AvgIpc) is 2.15. The zero-order chi connectivity index (χ0) is 7.98. The molecule has 4 nitrogen and oxygen atoms in total. The highest BCUT2D eigenvalue weighted by molar-refractivity contribution is 5.62. The van der Waals surface area contributed by atoms with E-state index in [0.29, 0.717) is 0 Å². The first-order valence-electron chi connectivity index (χ1n) is 3.19. The van der Waals surface area contributed by atoms with Gasteiger partial charge in [-0.05, 0) is 12.8 Å². The summed E-state index contributed by atoms with van der Waals surface area (Å²) >= 11 is 0. The van der Waals surface area contributed by atoms with E-state index in [1.165, 1.54) is 0 Å². The fourth-order valence-corrected chi connectivity index (χ4v) is 0.603. The van der Waals surface area contributed by atoms with Crippen molar-refractivity contribution in [3.63, 3.8) is 0 Å². The van der Waals surface area contributed by atoms with Crippen molar-refractivity contribution in [3.8, 4) is 0 Å². The summed E-state index contributed by atoms with van der Waals surface area (Å²) in [6.07, 6.45) is 2.23. The van der Waals surface area contributed by atoms with Gasteiger partial charge in [0.05, 0.1) is 0 Å². The normalized spacial score (nSPS) is 23.2. The molecule has 1 atom stereocenters. The molecular formula is C6H13NO3. The van der Waals surface area contributed by atoms with Crippen molar-refractivity contribution in [2.45, 2.75) is 26.0 Å². The van der Waals surface area contributed by atoms with E-state index < -0.39 is 5.97 Å². The Bertz CT molecular complexity index is 95.2. The number of carboxylic acid groups (broad SMARTS) is 1. The lowest BCUT2D eigenvalue weighted by molar-refractivity contribution is -0.134. The molecule has 0 aliphatic carbocycles. The third-order valence-electron chi connectivity index (χ3n) is 0.965. The van der Waals surface area contributed by atoms with Gasteiger partial charge in [-0.15, -0.1) is 0 Å². The molecule has 0 radical (unpaired) electrons. The summed E-state index contributed by atoms with van der Waals surface area (Å²) in [6.45, 7) is 1.95. The Labute approximate surface area is 60.0 Å². The van der Waals surface area contributed by atoms with Crippen molar-refractivity contribution >= 4 is 5.97 Å². The molecule has 0 spiro atoms. The molecule has 1 aliphatic rings. The zero-order valence-electron chi connectivity index (χ0n) is 6.04. The molecule has 0 amide bonds. The van der Waals surface area contributed by atoms with Crippen molar-refractivity contribution in [1.29, 1.82) is 0 Å². The summed E-state index contributed by atoms with van der Waals surface area (Å²) in [6, 6.07) is 0. The van der Waals surface area contributed by atoms with E-state index in [1.54, 1.807) is 0 Å². The number of carbonyl (C=O) groups is 1. The van der Waals surface area contributed by atoms with E-state index in [4.69, 9.17) is 20.4 Å². The molecule has 4 heteroatoms. The SMILES string of the molecule is CC(=O)O.NC1CCCO1. The summed E-state index contributed by atoms with van der Waals surface area (Å²) in [5.41, 5.74) is 5.31. The standard InChI is InChI=1S/C4H9NO.C2H4O2/c5-4-2-1-3-6-4;1-2(3)4/h4H,1-3,5H2;1H3,(H,3,4). The van der Waals surface area contributed by atoms with Crippen LogP contribution in [0.5, 0.6) is 0 Å². The summed E-state index contributed by atoms with van der Waals surface area (Å²) in [4.78, 5) is 9.00. The van der Waals surface area contributed by atoms with Gasteiger partial charge in [0.15, 0.2) is 0 Å². The van der Waals surface area contributed by atoms with Crippen molar-refractivity contribution in [2.75, 3.05) is 6.61 Å². The van der Waals surface area contributed by atoms with Gasteiger partial charge in [-0.25, -0.2) is 0 Å². The van der Waals surface area contributed by atoms with E-state index in [9.17, 15) is 0 Å². The van der Waals surface area contributed by atoms with Gasteiger partial charge in [-0.3, -0.25) is 4.79 Å². The molecule has 0 aromatic carbocycles. The summed E-state index contributed by atoms with van der Waals surface area (Å²) in [7, 11) is 0. The molecule has 1 rings (SSSR count). The minimum absolute atomic E-state index is 0.0463. The molecule has 10 heavy (non-hydrogen) atoms. The van der Waals surface area contributed by atoms with Crippen LogP contribution in [0.25, 0.3) is 0 Å². The van der Waals surface area contributed by atoms with E-state index >= 15 is 0 Å². The molecule has 60 valence electrons. The van der Waals surface area contributed by atoms with Gasteiger partial charge in [0, 0.05) is 13.5 Å². The van der Waals surface area contributed by atoms with Crippen LogP contribution in [-0.4, -0.2) is 23.9 Å². The van der Waals surface area contributed by atoms with Crippen LogP contribution in [0.2, 0.25) is 0 Å². The summed E-state index contributed by atoms with van der Waals surface area (Å²) < 4.78 is 4.93. The second-order valence-corrected chi connectivity index (χ2v) is 2.07. The molecule has 0 saturated carbocycles. The minimum atomic E-state index is -0.833. The molecule has 1 heterocycles. The van der Waals surface area contributed by atoms with Gasteiger partial charge in [0.1, 0.15) is 6.23 Å². The Morgan fingerprint density at radius 2 is 2.30 bits per heavy atom. The number of carboxylic acids is 1. The first-order chi connectivity index (χ1) is 4.63. The lowest BCUT2D eigenvalue weighted by Crippen LogP contribution is -2.16. The third-order valence-corrected chi connectivity index (χ3v) is 0.965. The van der Waals surface area contributed by atoms with Crippen LogP contribution in [-0.2, 0) is 9.53 Å². The molecule has 0 bridgehead atoms. The maximum absolute atomic E-state index is 9.00. The molecule has 1 fully saturated rings. The number of hydrogen-bond acceptors (Lipinski definition) is 3. The fourth-order valence-electron chi connectivity index (χ4n) is 0.603. The van der Waals surface area contributed by atoms with Crippen LogP contribution in [0.3, 0.4) is 0 Å². The van der Waals surface area contributed by atoms with Gasteiger partial charge in [-0.1, -0.05) is 0 Å². The molecule has 0 aromatic rings. The van der Waals surface area contributed by atoms with Crippen LogP contribution >= 0.6 is 0 Å². The summed E-state index contributed by atoms with van der Waals surface area (Å²) in [5.74, 6) is -0.833. The Kier molecular flexibility index (Phi) is 4.88. The monoisotopic (exact) mass is 147 g/mol. The molecule has 1 aliphatic heterocycles. The van der Waals surface area contributed by atoms with Crippen LogP contribution in [0.1, 0.15) is 19.8 Å². The quantitative estimate of drug-likeness (QED) is 0.512. The van der Waals surface area contributed by atoms with Gasteiger partial charge in [-0.2, -0.15) is 0 Å². The second kappa shape index (κ2) is 5.20. The van der Waals surface area contributed by atoms with Crippen LogP contribution < -0.4 is 5.73 Å². The third kappa shape index (κ3) is 7.39. The predicted octanol–water partition coefficient (Wildman–Crippen LogP) is 0.172. The van der Waals surface area contributed by atoms with Gasteiger partial charge >= 0.3 is 0 Å². The molecule has 1 saturated heterocycles. The fraction of sp³-hybridized carbons (Fsp3) is 0.833. The largest absolute Gasteiger partial charge is 0.481 e. The van der Waals surface area contributed by atoms with Crippen molar-refractivity contribution in [3.05, 3.63) is 0 Å². The lowest BCUT2D eigenvalue weighted by atomic mass is 10.3. The van der Waals surface area contributed by atoms with Crippen molar-refractivity contribution in [2.24, 2.45) is 5.73 Å². The second-order valence-electron chi connectivity index (χ2n) is 2.07. The Morgan fingerprint density at radius 1 is 1.80 bits per heavy atom.